The zero-order chi connectivity index (χ0) is 45.5. The van der Waals surface area contributed by atoms with E-state index in [0.29, 0.717) is 0 Å². The van der Waals surface area contributed by atoms with Gasteiger partial charge in [-0.2, -0.15) is 0 Å². The third-order valence-electron chi connectivity index (χ3n) is 14.0. The molecule has 354 valence electrons. The van der Waals surface area contributed by atoms with Crippen molar-refractivity contribution in [3.8, 4) is 0 Å². The van der Waals surface area contributed by atoms with Crippen molar-refractivity contribution >= 4 is 22.7 Å². The van der Waals surface area contributed by atoms with Crippen molar-refractivity contribution < 1.29 is 0 Å². The second-order valence-electron chi connectivity index (χ2n) is 19.3. The van der Waals surface area contributed by atoms with Gasteiger partial charge in [0.25, 0.3) is 0 Å². The molecule has 0 atom stereocenters. The van der Waals surface area contributed by atoms with Gasteiger partial charge in [-0.1, -0.05) is 219 Å². The van der Waals surface area contributed by atoms with Crippen LogP contribution >= 0.6 is 0 Å². The van der Waals surface area contributed by atoms with E-state index >= 15 is 0 Å². The van der Waals surface area contributed by atoms with Crippen LogP contribution in [0.5, 0.6) is 0 Å². The lowest BCUT2D eigenvalue weighted by Crippen LogP contribution is -2.36. The molecule has 4 aromatic rings. The number of hydrogen-bond acceptors (Lipinski definition) is 2. The van der Waals surface area contributed by atoms with Crippen LogP contribution in [0.15, 0.2) is 84.9 Å². The maximum atomic E-state index is 2.65. The Morgan fingerprint density at radius 1 is 0.266 bits per heavy atom. The molecule has 0 bridgehead atoms. The Hall–Kier alpha value is -3.52. The molecule has 0 aliphatic carbocycles. The Bertz CT molecular complexity index is 1630. The van der Waals surface area contributed by atoms with E-state index in [1.165, 1.54) is 215 Å². The van der Waals surface area contributed by atoms with Gasteiger partial charge in [-0.15, -0.1) is 0 Å². The predicted molar refractivity (Wildman–Crippen MR) is 286 cm³/mol. The van der Waals surface area contributed by atoms with Crippen LogP contribution in [0.25, 0.3) is 0 Å². The third kappa shape index (κ3) is 18.4. The molecule has 2 heteroatoms. The largest absolute Gasteiger partial charge is 0.249 e. The van der Waals surface area contributed by atoms with Gasteiger partial charge in [-0.3, -0.25) is 0 Å². The molecule has 2 nitrogen and oxygen atoms in total. The SMILES string of the molecule is CCCCCCCCCc1cc(N(c2cc(CC)c(CCCCCCCC)c(CCCCCCCCC)c2)N(c2ccccc2)c2ccccc2)cc(CC)c1CCCCCCCC. The number of hydrogen-bond donors (Lipinski definition) is 0. The number of para-hydroxylation sites is 2. The summed E-state index contributed by atoms with van der Waals surface area (Å²) >= 11 is 0. The molecule has 0 amide bonds. The summed E-state index contributed by atoms with van der Waals surface area (Å²) in [5.74, 6) is 0. The molecule has 4 rings (SSSR count). The number of hydrazine groups is 1. The fraction of sp³-hybridized carbons (Fsp3) is 0.613. The van der Waals surface area contributed by atoms with E-state index in [2.05, 4.69) is 136 Å². The highest BCUT2D eigenvalue weighted by Gasteiger charge is 2.25. The zero-order valence-electron chi connectivity index (χ0n) is 42.6. The summed E-state index contributed by atoms with van der Waals surface area (Å²) in [4.78, 5) is 0. The van der Waals surface area contributed by atoms with Crippen molar-refractivity contribution in [2.45, 2.75) is 247 Å². The van der Waals surface area contributed by atoms with Gasteiger partial charge >= 0.3 is 0 Å². The summed E-state index contributed by atoms with van der Waals surface area (Å²) in [5.41, 5.74) is 14.6. The van der Waals surface area contributed by atoms with E-state index in [1.807, 2.05) is 0 Å². The van der Waals surface area contributed by atoms with Gasteiger partial charge in [0.1, 0.15) is 0 Å². The summed E-state index contributed by atoms with van der Waals surface area (Å²) in [6.45, 7) is 14.1. The maximum absolute atomic E-state index is 2.65. The minimum absolute atomic E-state index is 1.06. The number of unbranched alkanes of at least 4 members (excludes halogenated alkanes) is 22. The van der Waals surface area contributed by atoms with E-state index in [4.69, 9.17) is 0 Å². The molecule has 0 saturated heterocycles. The van der Waals surface area contributed by atoms with E-state index < -0.39 is 0 Å². The molecule has 0 heterocycles. The summed E-state index contributed by atoms with van der Waals surface area (Å²) in [5, 5.41) is 5.16. The first-order chi connectivity index (χ1) is 31.6. The first kappa shape index (κ1) is 53.1. The van der Waals surface area contributed by atoms with Gasteiger partial charge in [-0.25, -0.2) is 10.0 Å². The number of anilines is 4. The Balaban J connectivity index is 1.88. The van der Waals surface area contributed by atoms with E-state index in [-0.39, 0.29) is 0 Å². The first-order valence-corrected chi connectivity index (χ1v) is 27.6. The Kier molecular flexibility index (Phi) is 27.4. The molecule has 0 aliphatic heterocycles. The van der Waals surface area contributed by atoms with E-state index in [0.717, 1.165) is 12.8 Å². The summed E-state index contributed by atoms with van der Waals surface area (Å²) in [7, 11) is 0. The average molecular weight is 869 g/mol. The normalized spacial score (nSPS) is 11.4. The number of aryl methyl sites for hydroxylation is 4. The summed E-state index contributed by atoms with van der Waals surface area (Å²) in [6.07, 6.45) is 41.9. The van der Waals surface area contributed by atoms with Gasteiger partial charge < -0.3 is 0 Å². The van der Waals surface area contributed by atoms with Crippen LogP contribution in [-0.2, 0) is 38.5 Å². The number of rotatable bonds is 37. The molecule has 4 aromatic carbocycles. The molecule has 0 aromatic heterocycles. The molecule has 64 heavy (non-hydrogen) atoms. The number of nitrogens with zero attached hydrogens (tertiary/aromatic N) is 2. The summed E-state index contributed by atoms with van der Waals surface area (Å²) < 4.78 is 0. The third-order valence-corrected chi connectivity index (χ3v) is 14.0. The van der Waals surface area contributed by atoms with Crippen LogP contribution in [0.2, 0.25) is 0 Å². The Labute approximate surface area is 396 Å². The minimum Gasteiger partial charge on any atom is -0.249 e. The maximum Gasteiger partial charge on any atom is 0.0642 e. The van der Waals surface area contributed by atoms with Crippen LogP contribution in [0.3, 0.4) is 0 Å². The van der Waals surface area contributed by atoms with Gasteiger partial charge in [0.15, 0.2) is 0 Å². The van der Waals surface area contributed by atoms with Crippen LogP contribution in [-0.4, -0.2) is 0 Å². The lowest BCUT2D eigenvalue weighted by Gasteiger charge is -2.40. The fourth-order valence-corrected chi connectivity index (χ4v) is 10.1. The molecule has 0 spiro atoms. The molecule has 0 N–H and O–H groups in total. The first-order valence-electron chi connectivity index (χ1n) is 27.6. The van der Waals surface area contributed by atoms with Gasteiger partial charge in [-0.05, 0) is 146 Å². The fourth-order valence-electron chi connectivity index (χ4n) is 10.1. The lowest BCUT2D eigenvalue weighted by atomic mass is 9.89. The van der Waals surface area contributed by atoms with Crippen molar-refractivity contribution in [1.29, 1.82) is 0 Å². The second-order valence-corrected chi connectivity index (χ2v) is 19.3. The van der Waals surface area contributed by atoms with Crippen LogP contribution in [0.4, 0.5) is 22.7 Å². The highest BCUT2D eigenvalue weighted by Crippen LogP contribution is 2.41. The van der Waals surface area contributed by atoms with E-state index in [1.54, 1.807) is 33.4 Å². The zero-order valence-corrected chi connectivity index (χ0v) is 42.6. The minimum atomic E-state index is 1.06. The molecule has 0 fully saturated rings. The molecule has 0 saturated carbocycles. The second kappa shape index (κ2) is 33.0. The molecule has 0 radical (unpaired) electrons. The van der Waals surface area contributed by atoms with Crippen LogP contribution in [0, 0.1) is 0 Å². The van der Waals surface area contributed by atoms with Crippen molar-refractivity contribution in [2.75, 3.05) is 10.0 Å². The predicted octanol–water partition coefficient (Wildman–Crippen LogP) is 20.1. The average Bonchev–Trinajstić information content (AvgIpc) is 3.33. The topological polar surface area (TPSA) is 6.48 Å². The Morgan fingerprint density at radius 2 is 0.531 bits per heavy atom. The monoisotopic (exact) mass is 869 g/mol. The number of benzene rings is 4. The molecular formula is C62H96N2. The van der Waals surface area contributed by atoms with Crippen molar-refractivity contribution in [1.82, 2.24) is 0 Å². The lowest BCUT2D eigenvalue weighted by molar-refractivity contribution is 0.586. The van der Waals surface area contributed by atoms with Crippen molar-refractivity contribution in [3.63, 3.8) is 0 Å². The summed E-state index contributed by atoms with van der Waals surface area (Å²) in [6, 6.07) is 32.9. The van der Waals surface area contributed by atoms with Gasteiger partial charge in [0, 0.05) is 0 Å². The molecule has 0 aliphatic rings. The van der Waals surface area contributed by atoms with Crippen LogP contribution in [0.1, 0.15) is 242 Å². The standard InChI is InChI=1S/C62H96N2/c1-7-13-17-21-25-27-33-41-55-51-59(49-53(11-5)61(55)47-39-29-23-19-15-9-3)64(63(57-43-35-31-36-44-57)58-45-37-32-38-46-58)60-50-54(12-6)62(48-40-30-24-20-16-10-4)56(52-60)42-34-28-26-22-18-14-8-2/h31-32,35-38,43-46,49-52H,7-30,33-34,39-42,47-48H2,1-6H3. The highest BCUT2D eigenvalue weighted by atomic mass is 15.6. The van der Waals surface area contributed by atoms with Crippen molar-refractivity contribution in [2.24, 2.45) is 0 Å². The Morgan fingerprint density at radius 3 is 0.844 bits per heavy atom. The highest BCUT2D eigenvalue weighted by molar-refractivity contribution is 5.79. The van der Waals surface area contributed by atoms with E-state index in [9.17, 15) is 0 Å². The smallest absolute Gasteiger partial charge is 0.0642 e. The van der Waals surface area contributed by atoms with Crippen LogP contribution < -0.4 is 10.0 Å². The quantitative estimate of drug-likeness (QED) is 0.0329. The molecule has 0 unspecified atom stereocenters. The van der Waals surface area contributed by atoms with Crippen molar-refractivity contribution in [3.05, 3.63) is 118 Å². The van der Waals surface area contributed by atoms with Gasteiger partial charge in [0.2, 0.25) is 0 Å². The molecular weight excluding hydrogens is 773 g/mol. The van der Waals surface area contributed by atoms with Gasteiger partial charge in [0.05, 0.1) is 22.7 Å².